The van der Waals surface area contributed by atoms with Crippen molar-refractivity contribution in [1.29, 1.82) is 0 Å². The van der Waals surface area contributed by atoms with E-state index in [1.54, 1.807) is 25.4 Å². The molecule has 5 rings (SSSR count). The van der Waals surface area contributed by atoms with E-state index in [-0.39, 0.29) is 11.9 Å². The molecule has 3 aliphatic rings. The number of ether oxygens (including phenoxy) is 2. The molecule has 3 heterocycles. The zero-order valence-electron chi connectivity index (χ0n) is 19.3. The van der Waals surface area contributed by atoms with Crippen LogP contribution in [0.2, 0.25) is 0 Å². The van der Waals surface area contributed by atoms with Crippen LogP contribution in [-0.2, 0) is 10.3 Å². The van der Waals surface area contributed by atoms with Gasteiger partial charge in [0.1, 0.15) is 17.7 Å². The van der Waals surface area contributed by atoms with Crippen LogP contribution in [0.1, 0.15) is 30.4 Å². The van der Waals surface area contributed by atoms with Gasteiger partial charge in [-0.1, -0.05) is 30.4 Å². The molecular weight excluding hydrogens is 431 g/mol. The molecule has 6 heteroatoms. The zero-order chi connectivity index (χ0) is 23.5. The van der Waals surface area contributed by atoms with Crippen molar-refractivity contribution in [3.05, 3.63) is 101 Å². The number of halogens is 1. The third kappa shape index (κ3) is 4.62. The number of allylic oxidation sites excluding steroid dienone is 4. The monoisotopic (exact) mass is 460 g/mol. The molecule has 2 aromatic rings. The summed E-state index contributed by atoms with van der Waals surface area (Å²) in [5.74, 6) is 1.07. The molecule has 1 N–H and O–H groups in total. The van der Waals surface area contributed by atoms with Crippen molar-refractivity contribution in [3.8, 4) is 5.88 Å². The van der Waals surface area contributed by atoms with Crippen LogP contribution in [0.3, 0.4) is 0 Å². The Hall–Kier alpha value is -3.06. The van der Waals surface area contributed by atoms with Crippen molar-refractivity contribution in [2.24, 2.45) is 0 Å². The van der Waals surface area contributed by atoms with Gasteiger partial charge in [0.05, 0.1) is 5.60 Å². The van der Waals surface area contributed by atoms with E-state index in [0.29, 0.717) is 18.7 Å². The van der Waals surface area contributed by atoms with Gasteiger partial charge in [0.25, 0.3) is 0 Å². The topological polar surface area (TPSA) is 54.8 Å². The Labute approximate surface area is 199 Å². The molecule has 1 saturated heterocycles. The van der Waals surface area contributed by atoms with Gasteiger partial charge in [-0.25, -0.2) is 9.37 Å². The smallest absolute Gasteiger partial charge is 0.227 e. The van der Waals surface area contributed by atoms with Crippen LogP contribution >= 0.6 is 0 Å². The molecule has 0 bridgehead atoms. The number of piperidine rings is 1. The second-order valence-corrected chi connectivity index (χ2v) is 8.96. The van der Waals surface area contributed by atoms with Crippen molar-refractivity contribution in [2.45, 2.75) is 31.0 Å². The number of hydrogen-bond donors (Lipinski definition) is 1. The van der Waals surface area contributed by atoms with Crippen molar-refractivity contribution in [1.82, 2.24) is 9.88 Å². The van der Waals surface area contributed by atoms with Crippen LogP contribution in [0.5, 0.6) is 5.88 Å². The predicted octanol–water partition coefficient (Wildman–Crippen LogP) is 4.77. The largest absolute Gasteiger partial charge is 0.438 e. The third-order valence-electron chi connectivity index (χ3n) is 6.85. The molecule has 1 fully saturated rings. The summed E-state index contributed by atoms with van der Waals surface area (Å²) in [7, 11) is 1.70. The quantitative estimate of drug-likeness (QED) is 0.697. The number of likely N-dealkylation sites (tertiary alicyclic amines) is 1. The minimum atomic E-state index is -0.886. The van der Waals surface area contributed by atoms with Crippen molar-refractivity contribution in [3.63, 3.8) is 0 Å². The average molecular weight is 461 g/mol. The standard InChI is InChI=1S/C28H29FN2O3/c1-33-25-7-2-8-26-24(25)19-20(23-6-3-15-30-27(23)34-26)5-4-16-31-17-13-28(32,14-18-31)21-9-11-22(29)12-10-21/h2-3,5-12,15,19,25,32H,4,13-14,16-18H2,1H3. The fraction of sp³-hybridized carbons (Fsp3) is 0.321. The van der Waals surface area contributed by atoms with Crippen molar-refractivity contribution in [2.75, 3.05) is 26.7 Å². The Bertz CT molecular complexity index is 1160. The molecule has 1 atom stereocenters. The maximum atomic E-state index is 13.3. The van der Waals surface area contributed by atoms with Crippen LogP contribution < -0.4 is 4.74 Å². The van der Waals surface area contributed by atoms with Gasteiger partial charge in [0.15, 0.2) is 0 Å². The minimum absolute atomic E-state index is 0.163. The first kappa shape index (κ1) is 22.7. The summed E-state index contributed by atoms with van der Waals surface area (Å²) < 4.78 is 25.0. The van der Waals surface area contributed by atoms with E-state index in [2.05, 4.69) is 22.0 Å². The molecule has 0 radical (unpaired) electrons. The van der Waals surface area contributed by atoms with E-state index in [0.717, 1.165) is 54.1 Å². The minimum Gasteiger partial charge on any atom is -0.438 e. The fourth-order valence-corrected chi connectivity index (χ4v) is 4.84. The highest BCUT2D eigenvalue weighted by atomic mass is 19.1. The molecule has 1 aromatic heterocycles. The SMILES string of the molecule is COC1C=CC=C2Oc3ncccc3C(=CCCN3CCC(O)(c4ccc(F)cc4)CC3)C=C21. The lowest BCUT2D eigenvalue weighted by Crippen LogP contribution is -2.42. The predicted molar refractivity (Wildman–Crippen MR) is 130 cm³/mol. The zero-order valence-corrected chi connectivity index (χ0v) is 19.3. The number of rotatable bonds is 5. The van der Waals surface area contributed by atoms with Crippen LogP contribution in [0, 0.1) is 5.82 Å². The summed E-state index contributed by atoms with van der Waals surface area (Å²) in [5.41, 5.74) is 2.92. The molecule has 5 nitrogen and oxygen atoms in total. The molecule has 1 aliphatic carbocycles. The van der Waals surface area contributed by atoms with Gasteiger partial charge in [0, 0.05) is 44.1 Å². The van der Waals surface area contributed by atoms with Crippen LogP contribution in [-0.4, -0.2) is 47.8 Å². The highest BCUT2D eigenvalue weighted by Gasteiger charge is 2.33. The van der Waals surface area contributed by atoms with Gasteiger partial charge in [-0.3, -0.25) is 0 Å². The maximum absolute atomic E-state index is 13.3. The number of aromatic nitrogens is 1. The van der Waals surface area contributed by atoms with Crippen LogP contribution in [0.25, 0.3) is 5.57 Å². The van der Waals surface area contributed by atoms with Crippen molar-refractivity contribution < 1.29 is 19.0 Å². The van der Waals surface area contributed by atoms with Gasteiger partial charge in [0.2, 0.25) is 5.88 Å². The molecule has 0 saturated carbocycles. The Morgan fingerprint density at radius 3 is 2.79 bits per heavy atom. The third-order valence-corrected chi connectivity index (χ3v) is 6.85. The van der Waals surface area contributed by atoms with Gasteiger partial charge < -0.3 is 19.5 Å². The van der Waals surface area contributed by atoms with E-state index >= 15 is 0 Å². The molecule has 34 heavy (non-hydrogen) atoms. The molecule has 1 aromatic carbocycles. The van der Waals surface area contributed by atoms with Crippen molar-refractivity contribution >= 4 is 5.57 Å². The number of aliphatic hydroxyl groups is 1. The first-order chi connectivity index (χ1) is 16.6. The Balaban J connectivity index is 1.29. The van der Waals surface area contributed by atoms with E-state index in [9.17, 15) is 9.50 Å². The number of methoxy groups -OCH3 is 1. The number of hydrogen-bond acceptors (Lipinski definition) is 5. The first-order valence-corrected chi connectivity index (χ1v) is 11.7. The van der Waals surface area contributed by atoms with Crippen LogP contribution in [0.4, 0.5) is 4.39 Å². The van der Waals surface area contributed by atoms with E-state index in [4.69, 9.17) is 9.47 Å². The summed E-state index contributed by atoms with van der Waals surface area (Å²) in [5, 5.41) is 11.1. The molecule has 0 spiro atoms. The molecule has 2 aliphatic heterocycles. The lowest BCUT2D eigenvalue weighted by atomic mass is 9.84. The Morgan fingerprint density at radius 1 is 1.24 bits per heavy atom. The van der Waals surface area contributed by atoms with Gasteiger partial charge in [-0.15, -0.1) is 0 Å². The molecule has 1 unspecified atom stereocenters. The highest BCUT2D eigenvalue weighted by molar-refractivity contribution is 5.80. The number of pyridine rings is 1. The van der Waals surface area contributed by atoms with E-state index in [1.807, 2.05) is 30.4 Å². The molecule has 0 amide bonds. The Kier molecular flexibility index (Phi) is 6.46. The Morgan fingerprint density at radius 2 is 2.03 bits per heavy atom. The van der Waals surface area contributed by atoms with E-state index < -0.39 is 5.60 Å². The number of nitrogens with zero attached hydrogens (tertiary/aromatic N) is 2. The summed E-state index contributed by atoms with van der Waals surface area (Å²) in [4.78, 5) is 6.82. The molecule has 176 valence electrons. The first-order valence-electron chi connectivity index (χ1n) is 11.7. The summed E-state index contributed by atoms with van der Waals surface area (Å²) in [6.45, 7) is 2.48. The molecular formula is C28H29FN2O3. The fourth-order valence-electron chi connectivity index (χ4n) is 4.84. The second kappa shape index (κ2) is 9.66. The van der Waals surface area contributed by atoms with Gasteiger partial charge in [-0.05, 0) is 66.8 Å². The summed E-state index contributed by atoms with van der Waals surface area (Å²) >= 11 is 0. The summed E-state index contributed by atoms with van der Waals surface area (Å²) in [6, 6.07) is 10.2. The van der Waals surface area contributed by atoms with Gasteiger partial charge in [-0.2, -0.15) is 0 Å². The van der Waals surface area contributed by atoms with E-state index in [1.165, 1.54) is 12.1 Å². The van der Waals surface area contributed by atoms with Gasteiger partial charge >= 0.3 is 0 Å². The normalized spacial score (nSPS) is 22.8. The van der Waals surface area contributed by atoms with Crippen LogP contribution in [0.15, 0.2) is 84.3 Å². The maximum Gasteiger partial charge on any atom is 0.227 e. The second-order valence-electron chi connectivity index (χ2n) is 8.96. The lowest BCUT2D eigenvalue weighted by Gasteiger charge is -2.38. The number of fused-ring (bicyclic) bond motifs is 2. The number of benzene rings is 1. The highest BCUT2D eigenvalue weighted by Crippen LogP contribution is 2.37. The summed E-state index contributed by atoms with van der Waals surface area (Å²) in [6.07, 6.45) is 14.0. The lowest BCUT2D eigenvalue weighted by molar-refractivity contribution is -0.0254. The average Bonchev–Trinajstić information content (AvgIpc) is 3.02.